The second kappa shape index (κ2) is 8.30. The van der Waals surface area contributed by atoms with Crippen molar-refractivity contribution in [3.63, 3.8) is 0 Å². The number of hydrogen-bond donors (Lipinski definition) is 0. The summed E-state index contributed by atoms with van der Waals surface area (Å²) in [6.45, 7) is 3.16. The van der Waals surface area contributed by atoms with Gasteiger partial charge in [0, 0.05) is 11.1 Å². The van der Waals surface area contributed by atoms with Crippen LogP contribution < -0.4 is 0 Å². The molecule has 4 rings (SSSR count). The Balaban J connectivity index is 1.83. The molecule has 0 radical (unpaired) electrons. The highest BCUT2D eigenvalue weighted by molar-refractivity contribution is 5.97. The van der Waals surface area contributed by atoms with Crippen LogP contribution in [0, 0.1) is 0 Å². The van der Waals surface area contributed by atoms with Crippen LogP contribution in [-0.2, 0) is 0 Å². The van der Waals surface area contributed by atoms with Crippen molar-refractivity contribution in [3.05, 3.63) is 108 Å². The molecule has 0 spiro atoms. The minimum Gasteiger partial charge on any atom is -0.295 e. The molecule has 0 atom stereocenters. The summed E-state index contributed by atoms with van der Waals surface area (Å²) in [7, 11) is 0. The van der Waals surface area contributed by atoms with E-state index in [1.807, 2.05) is 72.8 Å². The van der Waals surface area contributed by atoms with Crippen LogP contribution in [0.2, 0.25) is 0 Å². The standard InChI is InChI=1S/C28H22O2/c1-19(29)21-11-15-23(16-12-21)25-7-3-5-9-27(25)28-10-6-4-8-26(28)24-17-13-22(14-18-24)20(2)30/h3-18H,1-2H3. The van der Waals surface area contributed by atoms with E-state index in [4.69, 9.17) is 0 Å². The highest BCUT2D eigenvalue weighted by atomic mass is 16.1. The molecule has 4 aromatic carbocycles. The lowest BCUT2D eigenvalue weighted by Gasteiger charge is -2.15. The summed E-state index contributed by atoms with van der Waals surface area (Å²) in [4.78, 5) is 23.3. The first kappa shape index (κ1) is 19.5. The Hall–Kier alpha value is -3.78. The number of ketones is 2. The van der Waals surface area contributed by atoms with Gasteiger partial charge in [-0.15, -0.1) is 0 Å². The number of Topliss-reactive ketones (excluding diaryl/α,β-unsaturated/α-hetero) is 2. The first-order valence-corrected chi connectivity index (χ1v) is 9.96. The summed E-state index contributed by atoms with van der Waals surface area (Å²) in [5, 5.41) is 0. The molecule has 0 aromatic heterocycles. The molecule has 0 fully saturated rings. The highest BCUT2D eigenvalue weighted by Crippen LogP contribution is 2.38. The number of benzene rings is 4. The fraction of sp³-hybridized carbons (Fsp3) is 0.0714. The van der Waals surface area contributed by atoms with Crippen LogP contribution >= 0.6 is 0 Å². The number of carbonyl (C=O) groups is 2. The Morgan fingerprint density at radius 3 is 1.03 bits per heavy atom. The number of hydrogen-bond acceptors (Lipinski definition) is 2. The molecule has 0 amide bonds. The summed E-state index contributed by atoms with van der Waals surface area (Å²) < 4.78 is 0. The summed E-state index contributed by atoms with van der Waals surface area (Å²) >= 11 is 0. The predicted octanol–water partition coefficient (Wildman–Crippen LogP) is 7.09. The monoisotopic (exact) mass is 390 g/mol. The molecule has 0 bridgehead atoms. The first-order valence-electron chi connectivity index (χ1n) is 9.96. The second-order valence-corrected chi connectivity index (χ2v) is 7.36. The summed E-state index contributed by atoms with van der Waals surface area (Å²) in [5.41, 5.74) is 8.03. The average Bonchev–Trinajstić information content (AvgIpc) is 2.79. The average molecular weight is 390 g/mol. The topological polar surface area (TPSA) is 34.1 Å². The minimum atomic E-state index is 0.0641. The minimum absolute atomic E-state index is 0.0641. The van der Waals surface area contributed by atoms with E-state index < -0.39 is 0 Å². The molecule has 0 aliphatic heterocycles. The molecule has 0 saturated carbocycles. The molecule has 2 heteroatoms. The van der Waals surface area contributed by atoms with Crippen molar-refractivity contribution in [1.29, 1.82) is 0 Å². The molecule has 0 aliphatic rings. The van der Waals surface area contributed by atoms with E-state index in [1.165, 1.54) is 0 Å². The van der Waals surface area contributed by atoms with Crippen LogP contribution in [0.4, 0.5) is 0 Å². The van der Waals surface area contributed by atoms with Crippen molar-refractivity contribution in [2.24, 2.45) is 0 Å². The van der Waals surface area contributed by atoms with Gasteiger partial charge in [-0.25, -0.2) is 0 Å². The van der Waals surface area contributed by atoms with Gasteiger partial charge in [0.2, 0.25) is 0 Å². The van der Waals surface area contributed by atoms with Gasteiger partial charge in [0.25, 0.3) is 0 Å². The van der Waals surface area contributed by atoms with E-state index in [-0.39, 0.29) is 11.6 Å². The third kappa shape index (κ3) is 3.85. The molecule has 0 saturated heterocycles. The maximum absolute atomic E-state index is 11.6. The fourth-order valence-electron chi connectivity index (χ4n) is 3.71. The van der Waals surface area contributed by atoms with Gasteiger partial charge in [0.15, 0.2) is 11.6 Å². The van der Waals surface area contributed by atoms with E-state index in [1.54, 1.807) is 13.8 Å². The van der Waals surface area contributed by atoms with Crippen molar-refractivity contribution < 1.29 is 9.59 Å². The fourth-order valence-corrected chi connectivity index (χ4v) is 3.71. The Morgan fingerprint density at radius 2 is 0.733 bits per heavy atom. The smallest absolute Gasteiger partial charge is 0.159 e. The van der Waals surface area contributed by atoms with E-state index in [9.17, 15) is 9.59 Å². The third-order valence-electron chi connectivity index (χ3n) is 5.35. The van der Waals surface area contributed by atoms with Crippen molar-refractivity contribution in [2.45, 2.75) is 13.8 Å². The normalized spacial score (nSPS) is 10.6. The zero-order valence-electron chi connectivity index (χ0n) is 17.1. The maximum Gasteiger partial charge on any atom is 0.159 e. The molecule has 0 unspecified atom stereocenters. The van der Waals surface area contributed by atoms with Crippen LogP contribution in [0.1, 0.15) is 34.6 Å². The lowest BCUT2D eigenvalue weighted by molar-refractivity contribution is 0.100. The van der Waals surface area contributed by atoms with Gasteiger partial charge in [0.05, 0.1) is 0 Å². The lowest BCUT2D eigenvalue weighted by atomic mass is 9.89. The second-order valence-electron chi connectivity index (χ2n) is 7.36. The van der Waals surface area contributed by atoms with E-state index in [0.29, 0.717) is 11.1 Å². The molecule has 30 heavy (non-hydrogen) atoms. The molecule has 4 aromatic rings. The van der Waals surface area contributed by atoms with Gasteiger partial charge in [-0.1, -0.05) is 97.1 Å². The Bertz CT molecular complexity index is 1120. The summed E-state index contributed by atoms with van der Waals surface area (Å²) in [5.74, 6) is 0.128. The summed E-state index contributed by atoms with van der Waals surface area (Å²) in [6.07, 6.45) is 0. The van der Waals surface area contributed by atoms with E-state index in [2.05, 4.69) is 24.3 Å². The van der Waals surface area contributed by atoms with Crippen molar-refractivity contribution in [2.75, 3.05) is 0 Å². The molecular weight excluding hydrogens is 368 g/mol. The Labute approximate surface area is 176 Å². The molecular formula is C28H22O2. The van der Waals surface area contributed by atoms with Gasteiger partial charge in [-0.2, -0.15) is 0 Å². The van der Waals surface area contributed by atoms with Gasteiger partial charge < -0.3 is 0 Å². The van der Waals surface area contributed by atoms with Crippen LogP contribution in [0.15, 0.2) is 97.1 Å². The van der Waals surface area contributed by atoms with Crippen molar-refractivity contribution >= 4 is 11.6 Å². The van der Waals surface area contributed by atoms with Gasteiger partial charge in [0.1, 0.15) is 0 Å². The summed E-state index contributed by atoms with van der Waals surface area (Å²) in [6, 6.07) is 32.1. The maximum atomic E-state index is 11.6. The van der Waals surface area contributed by atoms with Gasteiger partial charge >= 0.3 is 0 Å². The third-order valence-corrected chi connectivity index (χ3v) is 5.35. The lowest BCUT2D eigenvalue weighted by Crippen LogP contribution is -1.93. The quantitative estimate of drug-likeness (QED) is 0.341. The molecule has 0 N–H and O–H groups in total. The van der Waals surface area contributed by atoms with Crippen molar-refractivity contribution in [1.82, 2.24) is 0 Å². The molecule has 0 aliphatic carbocycles. The van der Waals surface area contributed by atoms with Crippen LogP contribution in [-0.4, -0.2) is 11.6 Å². The zero-order valence-corrected chi connectivity index (χ0v) is 17.1. The Kier molecular flexibility index (Phi) is 5.40. The number of rotatable bonds is 5. The molecule has 2 nitrogen and oxygen atoms in total. The predicted molar refractivity (Wildman–Crippen MR) is 123 cm³/mol. The van der Waals surface area contributed by atoms with E-state index >= 15 is 0 Å². The Morgan fingerprint density at radius 1 is 0.433 bits per heavy atom. The van der Waals surface area contributed by atoms with E-state index in [0.717, 1.165) is 33.4 Å². The highest BCUT2D eigenvalue weighted by Gasteiger charge is 2.12. The zero-order chi connectivity index (χ0) is 21.1. The van der Waals surface area contributed by atoms with Gasteiger partial charge in [-0.3, -0.25) is 9.59 Å². The largest absolute Gasteiger partial charge is 0.295 e. The number of carbonyl (C=O) groups excluding carboxylic acids is 2. The van der Waals surface area contributed by atoms with Crippen LogP contribution in [0.5, 0.6) is 0 Å². The SMILES string of the molecule is CC(=O)c1ccc(-c2ccccc2-c2ccccc2-c2ccc(C(C)=O)cc2)cc1. The van der Waals surface area contributed by atoms with Crippen LogP contribution in [0.25, 0.3) is 33.4 Å². The molecule has 0 heterocycles. The molecule has 146 valence electrons. The van der Waals surface area contributed by atoms with Gasteiger partial charge in [-0.05, 0) is 47.2 Å². The first-order chi connectivity index (χ1) is 14.5. The van der Waals surface area contributed by atoms with Crippen LogP contribution in [0.3, 0.4) is 0 Å². The van der Waals surface area contributed by atoms with Crippen molar-refractivity contribution in [3.8, 4) is 33.4 Å².